The molecule has 2 aliphatic heterocycles. The summed E-state index contributed by atoms with van der Waals surface area (Å²) in [6.07, 6.45) is 3.97. The maximum atomic E-state index is 12.8. The van der Waals surface area contributed by atoms with Crippen LogP contribution in [0.25, 0.3) is 0 Å². The zero-order valence-corrected chi connectivity index (χ0v) is 17.9. The van der Waals surface area contributed by atoms with Gasteiger partial charge in [-0.1, -0.05) is 0 Å². The number of piperidine rings is 1. The van der Waals surface area contributed by atoms with E-state index in [1.165, 1.54) is 7.11 Å². The third kappa shape index (κ3) is 4.09. The number of amides is 1. The molecule has 0 bridgehead atoms. The predicted octanol–water partition coefficient (Wildman–Crippen LogP) is 1.96. The smallest absolute Gasteiger partial charge is 0.255 e. The summed E-state index contributed by atoms with van der Waals surface area (Å²) in [5, 5.41) is 0. The molecule has 30 heavy (non-hydrogen) atoms. The minimum atomic E-state index is -0.0187. The predicted molar refractivity (Wildman–Crippen MR) is 113 cm³/mol. The number of nitrogens with one attached hydrogen (secondary N) is 1. The minimum absolute atomic E-state index is 0.0114. The molecule has 0 aromatic carbocycles. The van der Waals surface area contributed by atoms with E-state index in [0.717, 1.165) is 42.9 Å². The lowest BCUT2D eigenvalue weighted by atomic mass is 9.94. The number of carbonyl (C=O) groups is 1. The van der Waals surface area contributed by atoms with Gasteiger partial charge in [-0.2, -0.15) is 0 Å². The number of rotatable bonds is 4. The fourth-order valence-corrected chi connectivity index (χ4v) is 4.29. The van der Waals surface area contributed by atoms with Crippen LogP contribution >= 0.6 is 0 Å². The molecule has 1 saturated heterocycles. The van der Waals surface area contributed by atoms with Crippen molar-refractivity contribution in [3.8, 4) is 5.88 Å². The van der Waals surface area contributed by atoms with E-state index in [0.29, 0.717) is 37.1 Å². The topological polar surface area (TPSA) is 91.4 Å². The molecule has 2 aromatic rings. The molecular formula is C22H29N5O3. The van der Waals surface area contributed by atoms with Crippen molar-refractivity contribution in [2.24, 2.45) is 0 Å². The lowest BCUT2D eigenvalue weighted by Crippen LogP contribution is -2.41. The van der Waals surface area contributed by atoms with E-state index in [1.807, 2.05) is 4.90 Å². The molecule has 2 aromatic heterocycles. The van der Waals surface area contributed by atoms with Crippen LogP contribution in [0.15, 0.2) is 23.1 Å². The third-order valence-corrected chi connectivity index (χ3v) is 6.21. The quantitative estimate of drug-likeness (QED) is 0.827. The second-order valence-electron chi connectivity index (χ2n) is 8.34. The minimum Gasteiger partial charge on any atom is -0.481 e. The number of carbonyl (C=O) groups excluding carboxylic acids is 1. The van der Waals surface area contributed by atoms with E-state index in [2.05, 4.69) is 28.7 Å². The van der Waals surface area contributed by atoms with Gasteiger partial charge in [-0.15, -0.1) is 0 Å². The number of methoxy groups -OCH3 is 1. The van der Waals surface area contributed by atoms with E-state index < -0.39 is 0 Å². The molecule has 0 saturated carbocycles. The van der Waals surface area contributed by atoms with Crippen molar-refractivity contribution in [2.45, 2.75) is 51.6 Å². The van der Waals surface area contributed by atoms with Crippen molar-refractivity contribution >= 4 is 5.91 Å². The van der Waals surface area contributed by atoms with E-state index >= 15 is 0 Å². The largest absolute Gasteiger partial charge is 0.481 e. The summed E-state index contributed by atoms with van der Waals surface area (Å²) in [5.74, 6) is 1.36. The van der Waals surface area contributed by atoms with Gasteiger partial charge in [-0.05, 0) is 32.8 Å². The normalized spacial score (nSPS) is 17.8. The Morgan fingerprint density at radius 3 is 2.73 bits per heavy atom. The highest BCUT2D eigenvalue weighted by Gasteiger charge is 2.28. The highest BCUT2D eigenvalue weighted by molar-refractivity contribution is 5.94. The Kier molecular flexibility index (Phi) is 5.85. The summed E-state index contributed by atoms with van der Waals surface area (Å²) in [7, 11) is 1.54. The standard InChI is InChI=1S/C22H29N5O3/c1-14(2)27-11-7-18-17(13-27)21(28)25-20(24-18)15-5-9-26(10-6-15)22(29)16-4-8-23-19(12-16)30-3/h4,8,12,14-15H,5-7,9-11,13H2,1-3H3,(H,24,25,28). The SMILES string of the molecule is COc1cc(C(=O)N2CCC(c3nc4c(c(=O)[nH]3)CN(C(C)C)CC4)CC2)ccn1. The average Bonchev–Trinajstić information content (AvgIpc) is 2.78. The maximum absolute atomic E-state index is 12.8. The molecule has 4 heterocycles. The van der Waals surface area contributed by atoms with Crippen molar-refractivity contribution in [1.82, 2.24) is 24.8 Å². The van der Waals surface area contributed by atoms with Crippen LogP contribution in [0.5, 0.6) is 5.88 Å². The number of aromatic nitrogens is 3. The van der Waals surface area contributed by atoms with E-state index in [9.17, 15) is 9.59 Å². The molecule has 0 unspecified atom stereocenters. The molecular weight excluding hydrogens is 382 g/mol. The fraction of sp³-hybridized carbons (Fsp3) is 0.545. The second kappa shape index (κ2) is 8.55. The zero-order valence-electron chi connectivity index (χ0n) is 17.9. The van der Waals surface area contributed by atoms with Crippen LogP contribution in [0.2, 0.25) is 0 Å². The van der Waals surface area contributed by atoms with Crippen LogP contribution in [-0.4, -0.2) is 63.4 Å². The van der Waals surface area contributed by atoms with Crippen LogP contribution in [0.3, 0.4) is 0 Å². The van der Waals surface area contributed by atoms with Crippen LogP contribution in [-0.2, 0) is 13.0 Å². The van der Waals surface area contributed by atoms with Gasteiger partial charge in [0.2, 0.25) is 5.88 Å². The first-order valence-electron chi connectivity index (χ1n) is 10.6. The van der Waals surface area contributed by atoms with E-state index in [1.54, 1.807) is 18.3 Å². The molecule has 4 rings (SSSR count). The Balaban J connectivity index is 1.44. The Bertz CT molecular complexity index is 979. The first-order valence-corrected chi connectivity index (χ1v) is 10.6. The molecule has 1 amide bonds. The molecule has 8 heteroatoms. The molecule has 1 N–H and O–H groups in total. The number of hydrogen-bond acceptors (Lipinski definition) is 6. The van der Waals surface area contributed by atoms with Gasteiger partial charge < -0.3 is 14.6 Å². The van der Waals surface area contributed by atoms with Gasteiger partial charge in [0.15, 0.2) is 0 Å². The molecule has 2 aliphatic rings. The number of fused-ring (bicyclic) bond motifs is 1. The second-order valence-corrected chi connectivity index (χ2v) is 8.34. The highest BCUT2D eigenvalue weighted by atomic mass is 16.5. The van der Waals surface area contributed by atoms with Crippen molar-refractivity contribution < 1.29 is 9.53 Å². The fourth-order valence-electron chi connectivity index (χ4n) is 4.29. The van der Waals surface area contributed by atoms with Crippen molar-refractivity contribution in [1.29, 1.82) is 0 Å². The molecule has 160 valence electrons. The van der Waals surface area contributed by atoms with E-state index in [-0.39, 0.29) is 17.4 Å². The van der Waals surface area contributed by atoms with Crippen molar-refractivity contribution in [3.05, 3.63) is 51.3 Å². The number of aromatic amines is 1. The molecule has 1 fully saturated rings. The highest BCUT2D eigenvalue weighted by Crippen LogP contribution is 2.27. The van der Waals surface area contributed by atoms with Crippen molar-refractivity contribution in [3.63, 3.8) is 0 Å². The van der Waals surface area contributed by atoms with Crippen LogP contribution in [0.1, 0.15) is 60.0 Å². The van der Waals surface area contributed by atoms with E-state index in [4.69, 9.17) is 9.72 Å². The van der Waals surface area contributed by atoms with Crippen LogP contribution in [0.4, 0.5) is 0 Å². The first-order chi connectivity index (χ1) is 14.5. The Hall–Kier alpha value is -2.74. The Morgan fingerprint density at radius 2 is 2.03 bits per heavy atom. The number of pyridine rings is 1. The van der Waals surface area contributed by atoms with Crippen LogP contribution in [0, 0.1) is 0 Å². The summed E-state index contributed by atoms with van der Waals surface area (Å²) < 4.78 is 5.12. The molecule has 0 aliphatic carbocycles. The maximum Gasteiger partial charge on any atom is 0.255 e. The molecule has 0 atom stereocenters. The molecule has 0 spiro atoms. The zero-order chi connectivity index (χ0) is 21.3. The van der Waals surface area contributed by atoms with Gasteiger partial charge >= 0.3 is 0 Å². The Morgan fingerprint density at radius 1 is 1.27 bits per heavy atom. The number of hydrogen-bond donors (Lipinski definition) is 1. The molecule has 8 nitrogen and oxygen atoms in total. The average molecular weight is 412 g/mol. The van der Waals surface area contributed by atoms with Gasteiger partial charge in [0.1, 0.15) is 5.82 Å². The number of ether oxygens (including phenoxy) is 1. The van der Waals surface area contributed by atoms with Crippen molar-refractivity contribution in [2.75, 3.05) is 26.7 Å². The lowest BCUT2D eigenvalue weighted by molar-refractivity contribution is 0.0710. The lowest BCUT2D eigenvalue weighted by Gasteiger charge is -2.33. The first kappa shape index (κ1) is 20.5. The number of likely N-dealkylation sites (tertiary alicyclic amines) is 1. The van der Waals surface area contributed by atoms with Gasteiger partial charge in [-0.25, -0.2) is 9.97 Å². The summed E-state index contributed by atoms with van der Waals surface area (Å²) in [5.41, 5.74) is 2.31. The van der Waals surface area contributed by atoms with Gasteiger partial charge in [-0.3, -0.25) is 14.5 Å². The van der Waals surface area contributed by atoms with Crippen LogP contribution < -0.4 is 10.3 Å². The third-order valence-electron chi connectivity index (χ3n) is 6.21. The number of H-pyrrole nitrogens is 1. The summed E-state index contributed by atoms with van der Waals surface area (Å²) in [6, 6.07) is 3.79. The monoisotopic (exact) mass is 411 g/mol. The molecule has 0 radical (unpaired) electrons. The summed E-state index contributed by atoms with van der Waals surface area (Å²) >= 11 is 0. The summed E-state index contributed by atoms with van der Waals surface area (Å²) in [6.45, 7) is 7.17. The number of nitrogens with zero attached hydrogens (tertiary/aromatic N) is 4. The van der Waals surface area contributed by atoms with Gasteiger partial charge in [0.25, 0.3) is 11.5 Å². The van der Waals surface area contributed by atoms with Gasteiger partial charge in [0.05, 0.1) is 18.4 Å². The van der Waals surface area contributed by atoms with Gasteiger partial charge in [0, 0.05) is 62.4 Å². The summed E-state index contributed by atoms with van der Waals surface area (Å²) in [4.78, 5) is 41.6. The Labute approximate surface area is 176 Å².